The molecule has 8 nitrogen and oxygen atoms in total. The molecule has 0 aromatic rings. The van der Waals surface area contributed by atoms with Crippen molar-refractivity contribution < 1.29 is 39.6 Å². The van der Waals surface area contributed by atoms with E-state index in [0.717, 1.165) is 0 Å². The SMILES string of the molecule is O=C(O)C1C(C(=O)O)[C@H](C(=O)O)[C@H]1C(=O)O. The molecule has 0 unspecified atom stereocenters. The molecule has 0 amide bonds. The van der Waals surface area contributed by atoms with E-state index >= 15 is 0 Å². The normalized spacial score (nSPS) is 32.5. The molecule has 1 saturated carbocycles. The number of carboxylic acids is 4. The quantitative estimate of drug-likeness (QED) is 0.472. The lowest BCUT2D eigenvalue weighted by Gasteiger charge is -2.42. The molecule has 0 aromatic carbocycles. The van der Waals surface area contributed by atoms with Gasteiger partial charge in [0, 0.05) is 0 Å². The fourth-order valence-corrected chi connectivity index (χ4v) is 1.98. The molecule has 0 spiro atoms. The minimum absolute atomic E-state index is 1.61. The van der Waals surface area contributed by atoms with Crippen LogP contribution in [0.5, 0.6) is 0 Å². The standard InChI is InChI=1S/C8H8O8/c9-5(10)1-2(6(11)12)4(8(15)16)3(1)7(13)14/h1-4H,(H,9,10)(H,11,12)(H,13,14)(H,15,16)/t1-,2-,3?,4?/m1/s1. The average Bonchev–Trinajstić information content (AvgIpc) is 1.97. The Kier molecular flexibility index (Phi) is 2.84. The zero-order valence-corrected chi connectivity index (χ0v) is 7.73. The highest BCUT2D eigenvalue weighted by molar-refractivity contribution is 5.95. The van der Waals surface area contributed by atoms with Gasteiger partial charge in [-0.3, -0.25) is 19.2 Å². The molecule has 8 heteroatoms. The highest BCUT2D eigenvalue weighted by atomic mass is 16.4. The molecular formula is C8H8O8. The maximum atomic E-state index is 10.7. The van der Waals surface area contributed by atoms with Crippen molar-refractivity contribution in [2.45, 2.75) is 0 Å². The molecule has 0 atom stereocenters. The van der Waals surface area contributed by atoms with E-state index in [-0.39, 0.29) is 0 Å². The predicted octanol–water partition coefficient (Wildman–Crippen LogP) is -1.20. The third-order valence-electron chi connectivity index (χ3n) is 2.69. The highest BCUT2D eigenvalue weighted by Gasteiger charge is 2.64. The number of carbonyl (C=O) groups is 4. The summed E-state index contributed by atoms with van der Waals surface area (Å²) in [5.41, 5.74) is 0. The van der Waals surface area contributed by atoms with Gasteiger partial charge in [0.2, 0.25) is 0 Å². The third-order valence-corrected chi connectivity index (χ3v) is 2.69. The van der Waals surface area contributed by atoms with Crippen molar-refractivity contribution in [2.75, 3.05) is 0 Å². The van der Waals surface area contributed by atoms with E-state index < -0.39 is 47.5 Å². The van der Waals surface area contributed by atoms with Crippen molar-refractivity contribution in [1.29, 1.82) is 0 Å². The minimum Gasteiger partial charge on any atom is -0.481 e. The van der Waals surface area contributed by atoms with Gasteiger partial charge in [0.25, 0.3) is 0 Å². The summed E-state index contributed by atoms with van der Waals surface area (Å²) in [5, 5.41) is 34.6. The van der Waals surface area contributed by atoms with Crippen LogP contribution in [-0.4, -0.2) is 44.3 Å². The smallest absolute Gasteiger partial charge is 0.308 e. The highest BCUT2D eigenvalue weighted by Crippen LogP contribution is 2.46. The minimum atomic E-state index is -1.70. The summed E-state index contributed by atoms with van der Waals surface area (Å²) >= 11 is 0. The number of hydrogen-bond acceptors (Lipinski definition) is 4. The van der Waals surface area contributed by atoms with Crippen molar-refractivity contribution >= 4 is 23.9 Å². The second-order valence-electron chi connectivity index (χ2n) is 3.46. The summed E-state index contributed by atoms with van der Waals surface area (Å²) in [4.78, 5) is 42.6. The molecule has 0 saturated heterocycles. The van der Waals surface area contributed by atoms with E-state index in [2.05, 4.69) is 0 Å². The largest absolute Gasteiger partial charge is 0.481 e. The Morgan fingerprint density at radius 3 is 0.688 bits per heavy atom. The fraction of sp³-hybridized carbons (Fsp3) is 0.500. The van der Waals surface area contributed by atoms with Gasteiger partial charge in [0.05, 0.1) is 23.7 Å². The Morgan fingerprint density at radius 2 is 0.625 bits per heavy atom. The summed E-state index contributed by atoms with van der Waals surface area (Å²) in [6.45, 7) is 0. The Bertz CT molecular complexity index is 292. The van der Waals surface area contributed by atoms with Crippen LogP contribution in [0.2, 0.25) is 0 Å². The van der Waals surface area contributed by atoms with E-state index in [9.17, 15) is 19.2 Å². The monoisotopic (exact) mass is 232 g/mol. The molecule has 1 fully saturated rings. The molecule has 88 valence electrons. The maximum Gasteiger partial charge on any atom is 0.308 e. The van der Waals surface area contributed by atoms with Gasteiger partial charge in [0.1, 0.15) is 0 Å². The van der Waals surface area contributed by atoms with Gasteiger partial charge in [0.15, 0.2) is 0 Å². The predicted molar refractivity (Wildman–Crippen MR) is 44.5 cm³/mol. The third kappa shape index (κ3) is 1.58. The molecule has 0 aliphatic heterocycles. The van der Waals surface area contributed by atoms with Crippen LogP contribution in [0.15, 0.2) is 0 Å². The van der Waals surface area contributed by atoms with E-state index in [4.69, 9.17) is 20.4 Å². The molecule has 1 aliphatic carbocycles. The van der Waals surface area contributed by atoms with Crippen LogP contribution in [0.3, 0.4) is 0 Å². The summed E-state index contributed by atoms with van der Waals surface area (Å²) in [6.07, 6.45) is 0. The molecule has 16 heavy (non-hydrogen) atoms. The van der Waals surface area contributed by atoms with E-state index in [1.807, 2.05) is 0 Å². The summed E-state index contributed by atoms with van der Waals surface area (Å²) < 4.78 is 0. The first-order valence-electron chi connectivity index (χ1n) is 4.20. The number of hydrogen-bond donors (Lipinski definition) is 4. The molecule has 0 radical (unpaired) electrons. The van der Waals surface area contributed by atoms with Crippen molar-refractivity contribution in [3.05, 3.63) is 0 Å². The number of rotatable bonds is 4. The van der Waals surface area contributed by atoms with Gasteiger partial charge in [-0.15, -0.1) is 0 Å². The Labute approximate surface area is 88.1 Å². The van der Waals surface area contributed by atoms with Gasteiger partial charge < -0.3 is 20.4 Å². The van der Waals surface area contributed by atoms with Gasteiger partial charge in [-0.1, -0.05) is 0 Å². The molecule has 0 heterocycles. The zero-order valence-electron chi connectivity index (χ0n) is 7.73. The molecule has 0 aromatic heterocycles. The van der Waals surface area contributed by atoms with Crippen LogP contribution < -0.4 is 0 Å². The fourth-order valence-electron chi connectivity index (χ4n) is 1.98. The lowest BCUT2D eigenvalue weighted by atomic mass is 9.56. The zero-order chi connectivity index (χ0) is 12.6. The first-order valence-corrected chi connectivity index (χ1v) is 4.20. The van der Waals surface area contributed by atoms with Crippen LogP contribution in [0.25, 0.3) is 0 Å². The Balaban J connectivity index is 3.08. The van der Waals surface area contributed by atoms with Crippen molar-refractivity contribution in [2.24, 2.45) is 23.7 Å². The van der Waals surface area contributed by atoms with Crippen molar-refractivity contribution in [3.8, 4) is 0 Å². The van der Waals surface area contributed by atoms with Crippen LogP contribution in [0, 0.1) is 23.7 Å². The second-order valence-corrected chi connectivity index (χ2v) is 3.46. The summed E-state index contributed by atoms with van der Waals surface area (Å²) in [5.74, 6) is -13.2. The first-order chi connectivity index (χ1) is 7.29. The lowest BCUT2D eigenvalue weighted by molar-refractivity contribution is -0.191. The molecule has 1 rings (SSSR count). The van der Waals surface area contributed by atoms with Crippen LogP contribution >= 0.6 is 0 Å². The van der Waals surface area contributed by atoms with Crippen molar-refractivity contribution in [1.82, 2.24) is 0 Å². The first kappa shape index (κ1) is 12.0. The second kappa shape index (κ2) is 3.80. The van der Waals surface area contributed by atoms with E-state index in [0.29, 0.717) is 0 Å². The van der Waals surface area contributed by atoms with Gasteiger partial charge in [-0.2, -0.15) is 0 Å². The van der Waals surface area contributed by atoms with E-state index in [1.165, 1.54) is 0 Å². The molecular weight excluding hydrogens is 224 g/mol. The number of aliphatic carboxylic acids is 4. The van der Waals surface area contributed by atoms with Crippen molar-refractivity contribution in [3.63, 3.8) is 0 Å². The topological polar surface area (TPSA) is 149 Å². The van der Waals surface area contributed by atoms with Crippen LogP contribution in [0.1, 0.15) is 0 Å². The summed E-state index contributed by atoms with van der Waals surface area (Å²) in [7, 11) is 0. The van der Waals surface area contributed by atoms with Crippen LogP contribution in [-0.2, 0) is 19.2 Å². The Hall–Kier alpha value is -2.12. The van der Waals surface area contributed by atoms with Gasteiger partial charge >= 0.3 is 23.9 Å². The lowest BCUT2D eigenvalue weighted by Crippen LogP contribution is -2.59. The molecule has 4 N–H and O–H groups in total. The van der Waals surface area contributed by atoms with E-state index in [1.54, 1.807) is 0 Å². The molecule has 1 aliphatic rings. The van der Waals surface area contributed by atoms with Gasteiger partial charge in [-0.05, 0) is 0 Å². The number of carboxylic acid groups (broad SMARTS) is 4. The van der Waals surface area contributed by atoms with Crippen LogP contribution in [0.4, 0.5) is 0 Å². The molecule has 0 bridgehead atoms. The Morgan fingerprint density at radius 1 is 0.500 bits per heavy atom. The van der Waals surface area contributed by atoms with Gasteiger partial charge in [-0.25, -0.2) is 0 Å². The summed E-state index contributed by atoms with van der Waals surface area (Å²) in [6, 6.07) is 0. The average molecular weight is 232 g/mol. The maximum absolute atomic E-state index is 10.7.